The van der Waals surface area contributed by atoms with Gasteiger partial charge in [-0.3, -0.25) is 0 Å². The lowest BCUT2D eigenvalue weighted by atomic mass is 9.84. The molecule has 5 rings (SSSR count). The van der Waals surface area contributed by atoms with Crippen molar-refractivity contribution in [1.82, 2.24) is 14.7 Å². The maximum Gasteiger partial charge on any atom is 0.437 e. The highest BCUT2D eigenvalue weighted by molar-refractivity contribution is 5.51. The Morgan fingerprint density at radius 3 is 2.50 bits per heavy atom. The number of aromatic nitrogens is 2. The van der Waals surface area contributed by atoms with Gasteiger partial charge in [0.05, 0.1) is 12.2 Å². The number of nitrogens with zero attached hydrogens (tertiary/aromatic N) is 3. The van der Waals surface area contributed by atoms with E-state index in [1.807, 2.05) is 30.3 Å². The van der Waals surface area contributed by atoms with Crippen LogP contribution >= 0.6 is 0 Å². The summed E-state index contributed by atoms with van der Waals surface area (Å²) in [5.74, 6) is 0.00425. The standard InChI is InChI=1S/C24H27N3O3/c28-23-27(25-22(30-23)19-8-2-1-3-9-19)15-7-6-14-26-16-12-24(13-17-26)21-11-5-4-10-20(21)18-29-24/h1-5,8-11H,6-7,12-18H2. The topological polar surface area (TPSA) is 60.5 Å². The molecule has 3 heterocycles. The summed E-state index contributed by atoms with van der Waals surface area (Å²) in [7, 11) is 0. The molecule has 30 heavy (non-hydrogen) atoms. The normalized spacial score (nSPS) is 18.0. The number of hydrogen-bond donors (Lipinski definition) is 0. The molecule has 1 spiro atoms. The molecule has 1 fully saturated rings. The van der Waals surface area contributed by atoms with Crippen LogP contribution in [-0.2, 0) is 23.5 Å². The summed E-state index contributed by atoms with van der Waals surface area (Å²) in [4.78, 5) is 14.6. The Kier molecular flexibility index (Phi) is 5.27. The monoisotopic (exact) mass is 405 g/mol. The van der Waals surface area contributed by atoms with E-state index in [2.05, 4.69) is 34.3 Å². The van der Waals surface area contributed by atoms with Crippen molar-refractivity contribution < 1.29 is 9.15 Å². The van der Waals surface area contributed by atoms with E-state index in [1.54, 1.807) is 0 Å². The van der Waals surface area contributed by atoms with Crippen LogP contribution in [0.15, 0.2) is 63.8 Å². The van der Waals surface area contributed by atoms with Gasteiger partial charge in [0.25, 0.3) is 0 Å². The van der Waals surface area contributed by atoms with Gasteiger partial charge < -0.3 is 14.1 Å². The minimum absolute atomic E-state index is 0.0744. The second-order valence-corrected chi connectivity index (χ2v) is 8.25. The maximum absolute atomic E-state index is 12.1. The highest BCUT2D eigenvalue weighted by Crippen LogP contribution is 2.43. The van der Waals surface area contributed by atoms with Gasteiger partial charge in [0, 0.05) is 25.2 Å². The first-order chi connectivity index (χ1) is 14.7. The van der Waals surface area contributed by atoms with E-state index in [4.69, 9.17) is 9.15 Å². The first-order valence-corrected chi connectivity index (χ1v) is 10.8. The van der Waals surface area contributed by atoms with Gasteiger partial charge in [-0.25, -0.2) is 4.79 Å². The summed E-state index contributed by atoms with van der Waals surface area (Å²) in [5, 5.41) is 4.34. The van der Waals surface area contributed by atoms with Crippen LogP contribution in [0.1, 0.15) is 36.8 Å². The van der Waals surface area contributed by atoms with Crippen molar-refractivity contribution >= 4 is 0 Å². The van der Waals surface area contributed by atoms with Crippen LogP contribution in [0.3, 0.4) is 0 Å². The molecule has 1 aromatic heterocycles. The van der Waals surface area contributed by atoms with Gasteiger partial charge in [-0.15, -0.1) is 5.10 Å². The Balaban J connectivity index is 1.10. The van der Waals surface area contributed by atoms with Crippen molar-refractivity contribution in [3.63, 3.8) is 0 Å². The lowest BCUT2D eigenvalue weighted by Gasteiger charge is -2.39. The van der Waals surface area contributed by atoms with Crippen LogP contribution in [0.4, 0.5) is 0 Å². The molecule has 1 saturated heterocycles. The molecule has 2 aliphatic rings. The molecule has 2 aliphatic heterocycles. The predicted octanol–water partition coefficient (Wildman–Crippen LogP) is 3.81. The van der Waals surface area contributed by atoms with E-state index in [1.165, 1.54) is 15.8 Å². The number of piperidine rings is 1. The number of unbranched alkanes of at least 4 members (excludes halogenated alkanes) is 1. The number of rotatable bonds is 6. The quantitative estimate of drug-likeness (QED) is 0.584. The first kappa shape index (κ1) is 19.3. The van der Waals surface area contributed by atoms with Crippen molar-refractivity contribution in [2.75, 3.05) is 19.6 Å². The Labute approximate surface area is 176 Å². The zero-order valence-electron chi connectivity index (χ0n) is 17.1. The SMILES string of the molecule is O=c1oc(-c2ccccc2)nn1CCCCN1CCC2(CC1)OCc1ccccc12. The van der Waals surface area contributed by atoms with Crippen LogP contribution < -0.4 is 5.76 Å². The van der Waals surface area contributed by atoms with Gasteiger partial charge in [0.2, 0.25) is 5.89 Å². The zero-order valence-corrected chi connectivity index (χ0v) is 17.1. The molecule has 156 valence electrons. The van der Waals surface area contributed by atoms with Crippen molar-refractivity contribution in [3.8, 4) is 11.5 Å². The summed E-state index contributed by atoms with van der Waals surface area (Å²) in [6.07, 6.45) is 4.03. The highest BCUT2D eigenvalue weighted by Gasteiger charge is 2.42. The first-order valence-electron chi connectivity index (χ1n) is 10.8. The van der Waals surface area contributed by atoms with Gasteiger partial charge in [0.15, 0.2) is 0 Å². The van der Waals surface area contributed by atoms with Crippen LogP contribution in [0.5, 0.6) is 0 Å². The summed E-state index contributed by atoms with van der Waals surface area (Å²) in [6, 6.07) is 18.2. The molecule has 0 bridgehead atoms. The zero-order chi connectivity index (χ0) is 20.4. The number of aryl methyl sites for hydroxylation is 1. The minimum Gasteiger partial charge on any atom is -0.388 e. The Hall–Kier alpha value is -2.70. The molecule has 0 aliphatic carbocycles. The fraction of sp³-hybridized carbons (Fsp3) is 0.417. The summed E-state index contributed by atoms with van der Waals surface area (Å²) >= 11 is 0. The smallest absolute Gasteiger partial charge is 0.388 e. The van der Waals surface area contributed by atoms with Crippen molar-refractivity contribution in [2.24, 2.45) is 0 Å². The van der Waals surface area contributed by atoms with E-state index in [9.17, 15) is 4.79 Å². The fourth-order valence-corrected chi connectivity index (χ4v) is 4.68. The molecule has 3 aromatic rings. The number of hydrogen-bond acceptors (Lipinski definition) is 5. The number of fused-ring (bicyclic) bond motifs is 2. The molecule has 0 amide bonds. The number of likely N-dealkylation sites (tertiary alicyclic amines) is 1. The van der Waals surface area contributed by atoms with E-state index in [0.29, 0.717) is 12.4 Å². The van der Waals surface area contributed by atoms with Crippen molar-refractivity contribution in [3.05, 3.63) is 76.3 Å². The van der Waals surface area contributed by atoms with Gasteiger partial charge in [-0.05, 0) is 55.5 Å². The number of benzene rings is 2. The minimum atomic E-state index is -0.384. The average molecular weight is 405 g/mol. The molecule has 6 heteroatoms. The maximum atomic E-state index is 12.1. The third-order valence-electron chi connectivity index (χ3n) is 6.40. The van der Waals surface area contributed by atoms with E-state index >= 15 is 0 Å². The molecular formula is C24H27N3O3. The number of ether oxygens (including phenoxy) is 1. The van der Waals surface area contributed by atoms with E-state index in [-0.39, 0.29) is 11.4 Å². The predicted molar refractivity (Wildman–Crippen MR) is 114 cm³/mol. The van der Waals surface area contributed by atoms with E-state index in [0.717, 1.165) is 57.5 Å². The molecule has 0 atom stereocenters. The van der Waals surface area contributed by atoms with Crippen LogP contribution in [0.25, 0.3) is 11.5 Å². The molecule has 6 nitrogen and oxygen atoms in total. The van der Waals surface area contributed by atoms with Crippen molar-refractivity contribution in [2.45, 2.75) is 44.4 Å². The molecular weight excluding hydrogens is 378 g/mol. The van der Waals surface area contributed by atoms with Crippen LogP contribution in [-0.4, -0.2) is 34.3 Å². The lowest BCUT2D eigenvalue weighted by molar-refractivity contribution is -0.0788. The largest absolute Gasteiger partial charge is 0.437 e. The summed E-state index contributed by atoms with van der Waals surface area (Å²) in [6.45, 7) is 4.47. The lowest BCUT2D eigenvalue weighted by Crippen LogP contribution is -2.42. The van der Waals surface area contributed by atoms with Crippen molar-refractivity contribution in [1.29, 1.82) is 0 Å². The second kappa shape index (κ2) is 8.20. The molecule has 0 saturated carbocycles. The summed E-state index contributed by atoms with van der Waals surface area (Å²) in [5.41, 5.74) is 3.49. The van der Waals surface area contributed by atoms with E-state index < -0.39 is 0 Å². The second-order valence-electron chi connectivity index (χ2n) is 8.25. The van der Waals surface area contributed by atoms with Gasteiger partial charge in [0.1, 0.15) is 0 Å². The summed E-state index contributed by atoms with van der Waals surface area (Å²) < 4.78 is 13.0. The third kappa shape index (κ3) is 3.73. The van der Waals surface area contributed by atoms with Crippen LogP contribution in [0, 0.1) is 0 Å². The Bertz CT molecular complexity index is 1050. The molecule has 0 unspecified atom stereocenters. The van der Waals surface area contributed by atoms with Gasteiger partial charge in [-0.1, -0.05) is 42.5 Å². The molecule has 2 aromatic carbocycles. The van der Waals surface area contributed by atoms with Gasteiger partial charge in [-0.2, -0.15) is 4.68 Å². The van der Waals surface area contributed by atoms with Gasteiger partial charge >= 0.3 is 5.76 Å². The van der Waals surface area contributed by atoms with Crippen LogP contribution in [0.2, 0.25) is 0 Å². The average Bonchev–Trinajstić information content (AvgIpc) is 3.34. The Morgan fingerprint density at radius 1 is 0.933 bits per heavy atom. The fourth-order valence-electron chi connectivity index (χ4n) is 4.68. The third-order valence-corrected chi connectivity index (χ3v) is 6.40. The highest BCUT2D eigenvalue weighted by atomic mass is 16.5. The Morgan fingerprint density at radius 2 is 1.67 bits per heavy atom. The molecule has 0 N–H and O–H groups in total. The molecule has 0 radical (unpaired) electrons.